The Morgan fingerprint density at radius 1 is 0.929 bits per heavy atom. The van der Waals surface area contributed by atoms with Crippen molar-refractivity contribution in [3.8, 4) is 10.6 Å². The molecule has 3 aromatic carbocycles. The number of anilines is 1. The maximum absolute atomic E-state index is 12.1. The maximum Gasteiger partial charge on any atom is 0.248 e. The van der Waals surface area contributed by atoms with Crippen LogP contribution in [0, 0.1) is 13.8 Å². The lowest BCUT2D eigenvalue weighted by Crippen LogP contribution is -2.07. The number of rotatable bonds is 4. The average Bonchev–Trinajstić information content (AvgIpc) is 3.11. The second-order valence-corrected chi connectivity index (χ2v) is 7.83. The summed E-state index contributed by atoms with van der Waals surface area (Å²) in [7, 11) is 0. The van der Waals surface area contributed by atoms with Crippen LogP contribution in [-0.4, -0.2) is 10.9 Å². The van der Waals surface area contributed by atoms with Crippen LogP contribution in [0.1, 0.15) is 16.7 Å². The van der Waals surface area contributed by atoms with Gasteiger partial charge in [-0.2, -0.15) is 0 Å². The van der Waals surface area contributed by atoms with Gasteiger partial charge in [-0.1, -0.05) is 35.9 Å². The van der Waals surface area contributed by atoms with Gasteiger partial charge in [0.15, 0.2) is 0 Å². The molecule has 1 amide bonds. The van der Waals surface area contributed by atoms with Crippen LogP contribution in [0.5, 0.6) is 0 Å². The Balaban J connectivity index is 1.45. The minimum Gasteiger partial charge on any atom is -0.323 e. The molecule has 0 spiro atoms. The predicted octanol–water partition coefficient (Wildman–Crippen LogP) is 6.23. The number of benzene rings is 3. The quantitative estimate of drug-likeness (QED) is 0.424. The van der Waals surface area contributed by atoms with Crippen molar-refractivity contribution in [2.45, 2.75) is 13.8 Å². The molecule has 0 radical (unpaired) electrons. The monoisotopic (exact) mass is 384 g/mol. The molecule has 4 aromatic rings. The topological polar surface area (TPSA) is 42.0 Å². The zero-order valence-corrected chi connectivity index (χ0v) is 16.6. The van der Waals surface area contributed by atoms with Gasteiger partial charge in [0.25, 0.3) is 0 Å². The molecule has 0 aliphatic heterocycles. The molecular formula is C24H20N2OS. The van der Waals surface area contributed by atoms with E-state index in [1.165, 1.54) is 15.8 Å². The zero-order valence-electron chi connectivity index (χ0n) is 15.8. The molecule has 0 bridgehead atoms. The Kier molecular flexibility index (Phi) is 5.04. The molecule has 4 heteroatoms. The molecule has 28 heavy (non-hydrogen) atoms. The number of nitrogens with zero attached hydrogens (tertiary/aromatic N) is 1. The number of amides is 1. The second kappa shape index (κ2) is 7.79. The fourth-order valence-electron chi connectivity index (χ4n) is 2.88. The van der Waals surface area contributed by atoms with Crippen LogP contribution in [0.25, 0.3) is 26.9 Å². The van der Waals surface area contributed by atoms with Crippen LogP contribution < -0.4 is 5.32 Å². The summed E-state index contributed by atoms with van der Waals surface area (Å²) in [5.74, 6) is -0.149. The van der Waals surface area contributed by atoms with E-state index in [0.29, 0.717) is 0 Å². The Morgan fingerprint density at radius 3 is 2.39 bits per heavy atom. The van der Waals surface area contributed by atoms with E-state index in [1.807, 2.05) is 61.5 Å². The van der Waals surface area contributed by atoms with Crippen LogP contribution in [0.2, 0.25) is 0 Å². The van der Waals surface area contributed by atoms with Crippen molar-refractivity contribution in [1.82, 2.24) is 4.98 Å². The van der Waals surface area contributed by atoms with Gasteiger partial charge in [-0.3, -0.25) is 4.79 Å². The van der Waals surface area contributed by atoms with Crippen molar-refractivity contribution in [1.29, 1.82) is 0 Å². The smallest absolute Gasteiger partial charge is 0.248 e. The number of aromatic nitrogens is 1. The van der Waals surface area contributed by atoms with E-state index >= 15 is 0 Å². The Morgan fingerprint density at radius 2 is 1.64 bits per heavy atom. The molecule has 0 aliphatic rings. The summed E-state index contributed by atoms with van der Waals surface area (Å²) in [5, 5.41) is 3.88. The first-order valence-electron chi connectivity index (χ1n) is 9.10. The molecule has 1 aromatic heterocycles. The van der Waals surface area contributed by atoms with Crippen LogP contribution >= 0.6 is 11.3 Å². The number of hydrogen-bond acceptors (Lipinski definition) is 3. The molecule has 4 rings (SSSR count). The van der Waals surface area contributed by atoms with Crippen molar-refractivity contribution in [3.63, 3.8) is 0 Å². The molecule has 1 N–H and O–H groups in total. The van der Waals surface area contributed by atoms with E-state index in [4.69, 9.17) is 4.98 Å². The molecule has 0 aliphatic carbocycles. The summed E-state index contributed by atoms with van der Waals surface area (Å²) >= 11 is 1.68. The Bertz CT molecular complexity index is 1160. The molecule has 0 saturated carbocycles. The van der Waals surface area contributed by atoms with Gasteiger partial charge in [-0.05, 0) is 67.4 Å². The maximum atomic E-state index is 12.1. The molecule has 3 nitrogen and oxygen atoms in total. The summed E-state index contributed by atoms with van der Waals surface area (Å²) in [4.78, 5) is 16.9. The van der Waals surface area contributed by atoms with E-state index in [2.05, 4.69) is 30.4 Å². The summed E-state index contributed by atoms with van der Waals surface area (Å²) in [6.45, 7) is 4.13. The standard InChI is InChI=1S/C24H20N2OS/c1-16-3-6-18(7-4-16)8-14-23(27)25-20-11-9-19(10-12-20)24-26-21-13-5-17(2)15-22(21)28-24/h3-15H,1-2H3,(H,25,27). The van der Waals surface area contributed by atoms with Crippen LogP contribution in [0.4, 0.5) is 5.69 Å². The molecule has 0 saturated heterocycles. The van der Waals surface area contributed by atoms with Gasteiger partial charge >= 0.3 is 0 Å². The molecule has 0 unspecified atom stereocenters. The number of hydrogen-bond donors (Lipinski definition) is 1. The van der Waals surface area contributed by atoms with Crippen LogP contribution in [-0.2, 0) is 4.79 Å². The summed E-state index contributed by atoms with van der Waals surface area (Å²) in [6.07, 6.45) is 3.36. The summed E-state index contributed by atoms with van der Waals surface area (Å²) < 4.78 is 1.19. The SMILES string of the molecule is Cc1ccc(C=CC(=O)Nc2ccc(-c3nc4ccc(C)cc4s3)cc2)cc1. The lowest BCUT2D eigenvalue weighted by atomic mass is 10.1. The minimum absolute atomic E-state index is 0.149. The van der Waals surface area contributed by atoms with Gasteiger partial charge in [0, 0.05) is 17.3 Å². The highest BCUT2D eigenvalue weighted by Crippen LogP contribution is 2.31. The molecule has 0 fully saturated rings. The van der Waals surface area contributed by atoms with Crippen LogP contribution in [0.3, 0.4) is 0 Å². The number of aryl methyl sites for hydroxylation is 2. The Hall–Kier alpha value is -3.24. The highest BCUT2D eigenvalue weighted by Gasteiger charge is 2.07. The van der Waals surface area contributed by atoms with Crippen molar-refractivity contribution in [2.24, 2.45) is 0 Å². The van der Waals surface area contributed by atoms with Gasteiger partial charge in [0.05, 0.1) is 10.2 Å². The summed E-state index contributed by atoms with van der Waals surface area (Å²) in [6, 6.07) is 22.1. The largest absolute Gasteiger partial charge is 0.323 e. The number of nitrogens with one attached hydrogen (secondary N) is 1. The van der Waals surface area contributed by atoms with E-state index in [9.17, 15) is 4.79 Å². The average molecular weight is 385 g/mol. The van der Waals surface area contributed by atoms with E-state index < -0.39 is 0 Å². The predicted molar refractivity (Wildman–Crippen MR) is 119 cm³/mol. The highest BCUT2D eigenvalue weighted by atomic mass is 32.1. The van der Waals surface area contributed by atoms with Crippen molar-refractivity contribution < 1.29 is 4.79 Å². The molecular weight excluding hydrogens is 364 g/mol. The number of carbonyl (C=O) groups is 1. The van der Waals surface area contributed by atoms with E-state index in [-0.39, 0.29) is 5.91 Å². The number of fused-ring (bicyclic) bond motifs is 1. The van der Waals surface area contributed by atoms with Gasteiger partial charge in [-0.15, -0.1) is 11.3 Å². The molecule has 1 heterocycles. The van der Waals surface area contributed by atoms with Crippen molar-refractivity contribution in [2.75, 3.05) is 5.32 Å². The minimum atomic E-state index is -0.149. The second-order valence-electron chi connectivity index (χ2n) is 6.80. The highest BCUT2D eigenvalue weighted by molar-refractivity contribution is 7.21. The fourth-order valence-corrected chi connectivity index (χ4v) is 3.95. The van der Waals surface area contributed by atoms with E-state index in [1.54, 1.807) is 17.4 Å². The number of thiazole rings is 1. The van der Waals surface area contributed by atoms with Crippen molar-refractivity contribution >= 4 is 39.2 Å². The fraction of sp³-hybridized carbons (Fsp3) is 0.0833. The molecule has 0 atom stereocenters. The van der Waals surface area contributed by atoms with Gasteiger partial charge < -0.3 is 5.32 Å². The molecule has 138 valence electrons. The van der Waals surface area contributed by atoms with Gasteiger partial charge in [0.1, 0.15) is 5.01 Å². The first-order valence-corrected chi connectivity index (χ1v) is 9.92. The number of carbonyl (C=O) groups excluding carboxylic acids is 1. The van der Waals surface area contributed by atoms with Crippen LogP contribution in [0.15, 0.2) is 72.8 Å². The van der Waals surface area contributed by atoms with Crippen molar-refractivity contribution in [3.05, 3.63) is 89.5 Å². The van der Waals surface area contributed by atoms with Gasteiger partial charge in [-0.25, -0.2) is 4.98 Å². The lowest BCUT2D eigenvalue weighted by molar-refractivity contribution is -0.111. The first-order chi connectivity index (χ1) is 13.6. The zero-order chi connectivity index (χ0) is 19.5. The Labute approximate surface area is 168 Å². The summed E-state index contributed by atoms with van der Waals surface area (Å²) in [5.41, 5.74) is 6.27. The third kappa shape index (κ3) is 4.18. The lowest BCUT2D eigenvalue weighted by Gasteiger charge is -2.03. The van der Waals surface area contributed by atoms with Gasteiger partial charge in [0.2, 0.25) is 5.91 Å². The third-order valence-electron chi connectivity index (χ3n) is 4.45. The normalized spacial score (nSPS) is 11.2. The van der Waals surface area contributed by atoms with E-state index in [0.717, 1.165) is 27.3 Å². The third-order valence-corrected chi connectivity index (χ3v) is 5.52. The first kappa shape index (κ1) is 18.1.